The summed E-state index contributed by atoms with van der Waals surface area (Å²) in [5.41, 5.74) is 1.33. The Labute approximate surface area is 189 Å². The molecular weight excluding hydrogens is 436 g/mol. The number of rotatable bonds is 10. The maximum Gasteiger partial charge on any atom is 0.264 e. The van der Waals surface area contributed by atoms with E-state index >= 15 is 0 Å². The van der Waals surface area contributed by atoms with E-state index in [1.54, 1.807) is 48.5 Å². The zero-order valence-electron chi connectivity index (χ0n) is 17.7. The Bertz CT molecular complexity index is 956. The predicted octanol–water partition coefficient (Wildman–Crippen LogP) is 4.31. The van der Waals surface area contributed by atoms with Crippen molar-refractivity contribution >= 4 is 33.2 Å². The number of carbonyl (C=O) groups excluding carboxylic acids is 1. The van der Waals surface area contributed by atoms with E-state index in [2.05, 4.69) is 5.32 Å². The fraction of sp³-hybridized carbons (Fsp3) is 0.435. The van der Waals surface area contributed by atoms with Crippen LogP contribution in [0.1, 0.15) is 37.7 Å². The molecule has 2 aromatic carbocycles. The summed E-state index contributed by atoms with van der Waals surface area (Å²) < 4.78 is 33.5. The number of nitrogens with one attached hydrogen (secondary N) is 1. The lowest BCUT2D eigenvalue weighted by Gasteiger charge is -2.24. The molecule has 168 valence electrons. The van der Waals surface area contributed by atoms with Gasteiger partial charge in [-0.3, -0.25) is 9.10 Å². The van der Waals surface area contributed by atoms with Crippen molar-refractivity contribution in [2.45, 2.75) is 50.0 Å². The summed E-state index contributed by atoms with van der Waals surface area (Å²) in [4.78, 5) is 12.7. The molecule has 2 aromatic rings. The van der Waals surface area contributed by atoms with Gasteiger partial charge in [0.1, 0.15) is 6.54 Å². The molecule has 0 spiro atoms. The number of anilines is 1. The van der Waals surface area contributed by atoms with E-state index in [0.717, 1.165) is 22.7 Å². The number of benzene rings is 2. The van der Waals surface area contributed by atoms with Gasteiger partial charge in [-0.2, -0.15) is 0 Å². The van der Waals surface area contributed by atoms with E-state index in [1.807, 2.05) is 6.92 Å². The van der Waals surface area contributed by atoms with E-state index in [9.17, 15) is 13.2 Å². The molecule has 0 unspecified atom stereocenters. The van der Waals surface area contributed by atoms with Crippen LogP contribution in [0.4, 0.5) is 5.69 Å². The van der Waals surface area contributed by atoms with Crippen molar-refractivity contribution in [1.82, 2.24) is 5.32 Å². The van der Waals surface area contributed by atoms with Crippen LogP contribution in [-0.2, 0) is 19.6 Å². The molecule has 3 rings (SSSR count). The number of aryl methyl sites for hydroxylation is 1. The fourth-order valence-electron chi connectivity index (χ4n) is 3.55. The Kier molecular flexibility index (Phi) is 8.35. The standard InChI is InChI=1S/C23H29ClN2O4S/c1-18-7-13-22(14-8-18)31(28,29)26(20-11-9-19(24)10-12-20)17-23(27)25-15-4-16-30-21-5-2-3-6-21/h7-14,21H,2-6,15-17H2,1H3,(H,25,27). The normalized spacial score (nSPS) is 14.5. The van der Waals surface area contributed by atoms with Gasteiger partial charge in [0.25, 0.3) is 10.0 Å². The monoisotopic (exact) mass is 464 g/mol. The van der Waals surface area contributed by atoms with Gasteiger partial charge in [0.05, 0.1) is 16.7 Å². The molecule has 0 heterocycles. The van der Waals surface area contributed by atoms with Crippen LogP contribution >= 0.6 is 11.6 Å². The Balaban J connectivity index is 1.64. The topological polar surface area (TPSA) is 75.7 Å². The molecule has 0 aliphatic heterocycles. The first-order valence-corrected chi connectivity index (χ1v) is 12.4. The minimum Gasteiger partial charge on any atom is -0.378 e. The van der Waals surface area contributed by atoms with Crippen molar-refractivity contribution in [2.24, 2.45) is 0 Å². The Morgan fingerprint density at radius 1 is 1.10 bits per heavy atom. The maximum absolute atomic E-state index is 13.3. The number of hydrogen-bond donors (Lipinski definition) is 1. The molecule has 1 saturated carbocycles. The Hall–Kier alpha value is -2.09. The van der Waals surface area contributed by atoms with Crippen LogP contribution in [0.3, 0.4) is 0 Å². The molecule has 0 saturated heterocycles. The van der Waals surface area contributed by atoms with Crippen molar-refractivity contribution in [2.75, 3.05) is 24.0 Å². The first kappa shape index (κ1) is 23.6. The van der Waals surface area contributed by atoms with E-state index < -0.39 is 10.0 Å². The summed E-state index contributed by atoms with van der Waals surface area (Å²) in [5, 5.41) is 3.29. The van der Waals surface area contributed by atoms with Crippen molar-refractivity contribution in [3.63, 3.8) is 0 Å². The van der Waals surface area contributed by atoms with E-state index in [-0.39, 0.29) is 17.3 Å². The third-order valence-electron chi connectivity index (χ3n) is 5.31. The number of amides is 1. The highest BCUT2D eigenvalue weighted by Gasteiger charge is 2.27. The quantitative estimate of drug-likeness (QED) is 0.531. The average Bonchev–Trinajstić information content (AvgIpc) is 3.26. The van der Waals surface area contributed by atoms with Crippen molar-refractivity contribution in [3.05, 3.63) is 59.1 Å². The van der Waals surface area contributed by atoms with Gasteiger partial charge in [0.15, 0.2) is 0 Å². The predicted molar refractivity (Wildman–Crippen MR) is 123 cm³/mol. The van der Waals surface area contributed by atoms with E-state index in [0.29, 0.717) is 36.4 Å². The second-order valence-electron chi connectivity index (χ2n) is 7.78. The van der Waals surface area contributed by atoms with E-state index in [1.165, 1.54) is 12.8 Å². The zero-order chi connectivity index (χ0) is 22.3. The largest absolute Gasteiger partial charge is 0.378 e. The number of hydrogen-bond acceptors (Lipinski definition) is 4. The smallest absolute Gasteiger partial charge is 0.264 e. The second-order valence-corrected chi connectivity index (χ2v) is 10.1. The minimum atomic E-state index is -3.92. The summed E-state index contributed by atoms with van der Waals surface area (Å²) in [6.07, 6.45) is 5.69. The summed E-state index contributed by atoms with van der Waals surface area (Å²) >= 11 is 5.96. The molecule has 0 aromatic heterocycles. The highest BCUT2D eigenvalue weighted by molar-refractivity contribution is 7.92. The molecule has 31 heavy (non-hydrogen) atoms. The highest BCUT2D eigenvalue weighted by atomic mass is 35.5. The molecule has 0 atom stereocenters. The number of carbonyl (C=O) groups is 1. The van der Waals surface area contributed by atoms with Crippen LogP contribution in [0.15, 0.2) is 53.4 Å². The number of nitrogens with zero attached hydrogens (tertiary/aromatic N) is 1. The molecule has 6 nitrogen and oxygen atoms in total. The maximum atomic E-state index is 13.3. The fourth-order valence-corrected chi connectivity index (χ4v) is 5.10. The van der Waals surface area contributed by atoms with Gasteiger partial charge >= 0.3 is 0 Å². The summed E-state index contributed by atoms with van der Waals surface area (Å²) in [7, 11) is -3.92. The van der Waals surface area contributed by atoms with Crippen molar-refractivity contribution < 1.29 is 17.9 Å². The van der Waals surface area contributed by atoms with Crippen LogP contribution in [0.5, 0.6) is 0 Å². The summed E-state index contributed by atoms with van der Waals surface area (Å²) in [6.45, 7) is 2.59. The lowest BCUT2D eigenvalue weighted by atomic mass is 10.2. The SMILES string of the molecule is Cc1ccc(S(=O)(=O)N(CC(=O)NCCCOC2CCCC2)c2ccc(Cl)cc2)cc1. The molecule has 1 amide bonds. The van der Waals surface area contributed by atoms with Gasteiger partial charge in [0, 0.05) is 18.2 Å². The molecule has 1 aliphatic rings. The summed E-state index contributed by atoms with van der Waals surface area (Å²) in [5.74, 6) is -0.369. The number of ether oxygens (including phenoxy) is 1. The number of halogens is 1. The van der Waals surface area contributed by atoms with Gasteiger partial charge in [-0.15, -0.1) is 0 Å². The van der Waals surface area contributed by atoms with Gasteiger partial charge in [-0.25, -0.2) is 8.42 Å². The molecule has 1 N–H and O–H groups in total. The third-order valence-corrected chi connectivity index (χ3v) is 7.35. The molecule has 8 heteroatoms. The first-order valence-electron chi connectivity index (χ1n) is 10.6. The van der Waals surface area contributed by atoms with Gasteiger partial charge in [0.2, 0.25) is 5.91 Å². The molecule has 0 bridgehead atoms. The lowest BCUT2D eigenvalue weighted by molar-refractivity contribution is -0.119. The van der Waals surface area contributed by atoms with Crippen molar-refractivity contribution in [3.8, 4) is 0 Å². The van der Waals surface area contributed by atoms with Crippen molar-refractivity contribution in [1.29, 1.82) is 0 Å². The molecular formula is C23H29ClN2O4S. The van der Waals surface area contributed by atoms with Crippen LogP contribution < -0.4 is 9.62 Å². The molecule has 0 radical (unpaired) electrons. The Morgan fingerprint density at radius 2 is 1.74 bits per heavy atom. The van der Waals surface area contributed by atoms with Crippen LogP contribution in [0.2, 0.25) is 5.02 Å². The summed E-state index contributed by atoms with van der Waals surface area (Å²) in [6, 6.07) is 13.0. The third kappa shape index (κ3) is 6.69. The average molecular weight is 465 g/mol. The number of sulfonamides is 1. The van der Waals surface area contributed by atoms with Gasteiger partial charge in [-0.05, 0) is 62.6 Å². The van der Waals surface area contributed by atoms with Gasteiger partial charge < -0.3 is 10.1 Å². The highest BCUT2D eigenvalue weighted by Crippen LogP contribution is 2.25. The zero-order valence-corrected chi connectivity index (χ0v) is 19.3. The molecule has 1 fully saturated rings. The van der Waals surface area contributed by atoms with Crippen LogP contribution in [0.25, 0.3) is 0 Å². The van der Waals surface area contributed by atoms with E-state index in [4.69, 9.17) is 16.3 Å². The van der Waals surface area contributed by atoms with Crippen LogP contribution in [-0.4, -0.2) is 40.1 Å². The first-order chi connectivity index (χ1) is 14.9. The van der Waals surface area contributed by atoms with Crippen LogP contribution in [0, 0.1) is 6.92 Å². The van der Waals surface area contributed by atoms with Gasteiger partial charge in [-0.1, -0.05) is 42.1 Å². The molecule has 1 aliphatic carbocycles. The second kappa shape index (κ2) is 11.0. The minimum absolute atomic E-state index is 0.130. The Morgan fingerprint density at radius 3 is 2.39 bits per heavy atom. The lowest BCUT2D eigenvalue weighted by Crippen LogP contribution is -2.41.